The fourth-order valence-electron chi connectivity index (χ4n) is 4.81. The highest BCUT2D eigenvalue weighted by Crippen LogP contribution is 2.35. The Morgan fingerprint density at radius 1 is 1.03 bits per heavy atom. The first-order chi connectivity index (χ1) is 18.4. The maximum Gasteiger partial charge on any atom is 0.277 e. The number of amides is 2. The number of carbonyl (C=O) groups excluding carboxylic acids is 2. The van der Waals surface area contributed by atoms with E-state index >= 15 is 0 Å². The number of hydrogen-bond acceptors (Lipinski definition) is 5. The first-order valence-corrected chi connectivity index (χ1v) is 12.6. The first-order valence-electron chi connectivity index (χ1n) is 12.6. The van der Waals surface area contributed by atoms with Gasteiger partial charge in [-0.3, -0.25) is 19.2 Å². The maximum absolute atomic E-state index is 14.0. The van der Waals surface area contributed by atoms with Crippen molar-refractivity contribution in [3.05, 3.63) is 96.2 Å². The predicted octanol–water partition coefficient (Wildman–Crippen LogP) is 4.69. The van der Waals surface area contributed by atoms with Crippen molar-refractivity contribution in [2.24, 2.45) is 0 Å². The Bertz CT molecular complexity index is 1450. The third-order valence-corrected chi connectivity index (χ3v) is 6.75. The molecule has 2 amide bonds. The van der Waals surface area contributed by atoms with Crippen LogP contribution in [0, 0.1) is 0 Å². The number of nitrogens with one attached hydrogen (secondary N) is 1. The van der Waals surface area contributed by atoms with E-state index in [4.69, 9.17) is 14.6 Å². The van der Waals surface area contributed by atoms with Crippen LogP contribution in [0.15, 0.2) is 84.9 Å². The second-order valence-corrected chi connectivity index (χ2v) is 9.27. The maximum atomic E-state index is 14.0. The topological polar surface area (TPSA) is 85.7 Å². The Balaban J connectivity index is 1.52. The lowest BCUT2D eigenvalue weighted by Crippen LogP contribution is -2.64. The molecule has 3 aromatic carbocycles. The zero-order valence-electron chi connectivity index (χ0n) is 21.7. The summed E-state index contributed by atoms with van der Waals surface area (Å²) in [7, 11) is 1.60. The van der Waals surface area contributed by atoms with Gasteiger partial charge in [0.05, 0.1) is 26.0 Å². The van der Waals surface area contributed by atoms with E-state index in [0.717, 1.165) is 11.1 Å². The number of rotatable bonds is 8. The van der Waals surface area contributed by atoms with Gasteiger partial charge in [-0.15, -0.1) is 0 Å². The molecule has 4 aromatic rings. The van der Waals surface area contributed by atoms with Crippen molar-refractivity contribution in [3.8, 4) is 22.8 Å². The van der Waals surface area contributed by atoms with Crippen molar-refractivity contribution >= 4 is 17.5 Å². The van der Waals surface area contributed by atoms with Crippen LogP contribution >= 0.6 is 0 Å². The Morgan fingerprint density at radius 2 is 1.74 bits per heavy atom. The smallest absolute Gasteiger partial charge is 0.277 e. The van der Waals surface area contributed by atoms with E-state index in [0.29, 0.717) is 35.2 Å². The molecule has 8 heteroatoms. The van der Waals surface area contributed by atoms with Gasteiger partial charge >= 0.3 is 0 Å². The summed E-state index contributed by atoms with van der Waals surface area (Å²) in [6.07, 6.45) is 0. The zero-order chi connectivity index (χ0) is 26.7. The number of nitrogens with zero attached hydrogens (tertiary/aromatic N) is 3. The SMILES string of the molecule is CCOc1ccc(N2C(=O)c3cc(-c4ccccc4)nn3C[C@@]2(C)C(=O)NCc2ccccc2OC)cc1. The van der Waals surface area contributed by atoms with E-state index in [9.17, 15) is 9.59 Å². The van der Waals surface area contributed by atoms with Gasteiger partial charge in [-0.05, 0) is 50.2 Å². The normalized spacial score (nSPS) is 16.6. The molecule has 0 bridgehead atoms. The Morgan fingerprint density at radius 3 is 2.45 bits per heavy atom. The summed E-state index contributed by atoms with van der Waals surface area (Å²) in [4.78, 5) is 29.4. The van der Waals surface area contributed by atoms with Gasteiger partial charge in [0.15, 0.2) is 0 Å². The third kappa shape index (κ3) is 4.61. The van der Waals surface area contributed by atoms with E-state index in [1.54, 1.807) is 53.9 Å². The van der Waals surface area contributed by atoms with Crippen LogP contribution in [0.3, 0.4) is 0 Å². The molecule has 0 saturated carbocycles. The summed E-state index contributed by atoms with van der Waals surface area (Å²) in [6.45, 7) is 4.66. The lowest BCUT2D eigenvalue weighted by atomic mass is 9.93. The highest BCUT2D eigenvalue weighted by molar-refractivity contribution is 6.12. The van der Waals surface area contributed by atoms with Crippen LogP contribution in [0.5, 0.6) is 11.5 Å². The summed E-state index contributed by atoms with van der Waals surface area (Å²) >= 11 is 0. The molecule has 1 aliphatic rings. The quantitative estimate of drug-likeness (QED) is 0.372. The minimum Gasteiger partial charge on any atom is -0.496 e. The summed E-state index contributed by atoms with van der Waals surface area (Å²) in [5.41, 5.74) is 2.19. The fraction of sp³-hybridized carbons (Fsp3) is 0.233. The predicted molar refractivity (Wildman–Crippen MR) is 145 cm³/mol. The van der Waals surface area contributed by atoms with E-state index in [2.05, 4.69) is 5.32 Å². The van der Waals surface area contributed by atoms with Crippen LogP contribution in [0.2, 0.25) is 0 Å². The van der Waals surface area contributed by atoms with E-state index in [1.165, 1.54) is 0 Å². The molecule has 1 aliphatic heterocycles. The van der Waals surface area contributed by atoms with Crippen molar-refractivity contribution in [1.29, 1.82) is 0 Å². The van der Waals surface area contributed by atoms with Gasteiger partial charge in [-0.1, -0.05) is 48.5 Å². The summed E-state index contributed by atoms with van der Waals surface area (Å²) < 4.78 is 12.7. The average Bonchev–Trinajstić information content (AvgIpc) is 3.37. The standard InChI is InChI=1S/C30H30N4O4/c1-4-38-24-16-14-23(15-17-24)34-28(35)26-18-25(21-10-6-5-7-11-21)32-33(26)20-30(34,2)29(36)31-19-22-12-8-9-13-27(22)37-3/h5-18H,4,19-20H2,1-3H3,(H,31,36)/t30-/m0/s1. The van der Waals surface area contributed by atoms with Gasteiger partial charge in [-0.25, -0.2) is 0 Å². The molecule has 8 nitrogen and oxygen atoms in total. The Hall–Kier alpha value is -4.59. The lowest BCUT2D eigenvalue weighted by Gasteiger charge is -2.43. The summed E-state index contributed by atoms with van der Waals surface area (Å²) in [5.74, 6) is 0.778. The second kappa shape index (κ2) is 10.4. The number of aromatic nitrogens is 2. The van der Waals surface area contributed by atoms with Crippen molar-refractivity contribution in [2.75, 3.05) is 18.6 Å². The molecule has 0 saturated heterocycles. The third-order valence-electron chi connectivity index (χ3n) is 6.75. The fourth-order valence-corrected chi connectivity index (χ4v) is 4.81. The second-order valence-electron chi connectivity index (χ2n) is 9.27. The van der Waals surface area contributed by atoms with Crippen LogP contribution in [0.4, 0.5) is 5.69 Å². The molecule has 5 rings (SSSR count). The van der Waals surface area contributed by atoms with E-state index in [-0.39, 0.29) is 24.9 Å². The number of para-hydroxylation sites is 1. The zero-order valence-corrected chi connectivity index (χ0v) is 21.7. The first kappa shape index (κ1) is 25.1. The minimum atomic E-state index is -1.25. The highest BCUT2D eigenvalue weighted by atomic mass is 16.5. The van der Waals surface area contributed by atoms with Crippen molar-refractivity contribution in [2.45, 2.75) is 32.5 Å². The molecule has 0 aliphatic carbocycles. The number of anilines is 1. The largest absolute Gasteiger partial charge is 0.496 e. The van der Waals surface area contributed by atoms with E-state index in [1.807, 2.05) is 61.5 Å². The molecular formula is C30H30N4O4. The molecular weight excluding hydrogens is 480 g/mol. The van der Waals surface area contributed by atoms with E-state index < -0.39 is 5.54 Å². The molecule has 0 fully saturated rings. The molecule has 1 aromatic heterocycles. The Kier molecular flexibility index (Phi) is 6.87. The van der Waals surface area contributed by atoms with Crippen molar-refractivity contribution in [3.63, 3.8) is 0 Å². The van der Waals surface area contributed by atoms with Gasteiger partial charge < -0.3 is 14.8 Å². The molecule has 1 atom stereocenters. The molecule has 194 valence electrons. The molecule has 38 heavy (non-hydrogen) atoms. The number of ether oxygens (including phenoxy) is 2. The van der Waals surface area contributed by atoms with Crippen LogP contribution in [0.1, 0.15) is 29.9 Å². The summed E-state index contributed by atoms with van der Waals surface area (Å²) in [6, 6.07) is 26.2. The van der Waals surface area contributed by atoms with Gasteiger partial charge in [0.2, 0.25) is 5.91 Å². The van der Waals surface area contributed by atoms with Gasteiger partial charge in [-0.2, -0.15) is 5.10 Å². The molecule has 0 unspecified atom stereocenters. The number of methoxy groups -OCH3 is 1. The molecule has 0 spiro atoms. The Labute approximate surface area is 221 Å². The monoisotopic (exact) mass is 510 g/mol. The van der Waals surface area contributed by atoms with Crippen molar-refractivity contribution in [1.82, 2.24) is 15.1 Å². The minimum absolute atomic E-state index is 0.186. The lowest BCUT2D eigenvalue weighted by molar-refractivity contribution is -0.126. The number of benzene rings is 3. The molecule has 2 heterocycles. The van der Waals surface area contributed by atoms with Crippen LogP contribution in [-0.4, -0.2) is 40.9 Å². The average molecular weight is 511 g/mol. The van der Waals surface area contributed by atoms with Crippen LogP contribution in [0.25, 0.3) is 11.3 Å². The number of fused-ring (bicyclic) bond motifs is 1. The number of carbonyl (C=O) groups is 2. The van der Waals surface area contributed by atoms with Crippen molar-refractivity contribution < 1.29 is 19.1 Å². The summed E-state index contributed by atoms with van der Waals surface area (Å²) in [5, 5.41) is 7.74. The van der Waals surface area contributed by atoms with Gasteiger partial charge in [0, 0.05) is 23.4 Å². The molecule has 1 N–H and O–H groups in total. The van der Waals surface area contributed by atoms with Gasteiger partial charge in [0.25, 0.3) is 5.91 Å². The highest BCUT2D eigenvalue weighted by Gasteiger charge is 2.49. The molecule has 0 radical (unpaired) electrons. The number of hydrogen-bond donors (Lipinski definition) is 1. The van der Waals surface area contributed by atoms with Crippen LogP contribution < -0.4 is 19.7 Å². The van der Waals surface area contributed by atoms with Crippen LogP contribution in [-0.2, 0) is 17.9 Å². The van der Waals surface area contributed by atoms with Gasteiger partial charge in [0.1, 0.15) is 22.7 Å².